The third-order valence-electron chi connectivity index (χ3n) is 6.33. The fraction of sp³-hybridized carbons (Fsp3) is 0.100. The fourth-order valence-corrected chi connectivity index (χ4v) is 5.10. The van der Waals surface area contributed by atoms with Gasteiger partial charge in [-0.3, -0.25) is 14.9 Å². The Morgan fingerprint density at radius 3 is 2.40 bits per heavy atom. The maximum absolute atomic E-state index is 13.4. The van der Waals surface area contributed by atoms with E-state index in [-0.39, 0.29) is 27.8 Å². The van der Waals surface area contributed by atoms with Gasteiger partial charge in [0.15, 0.2) is 0 Å². The van der Waals surface area contributed by atoms with Crippen LogP contribution in [-0.4, -0.2) is 32.1 Å². The molecule has 4 amide bonds. The second kappa shape index (κ2) is 11.4. The molecule has 40 heavy (non-hydrogen) atoms. The van der Waals surface area contributed by atoms with Gasteiger partial charge in [-0.1, -0.05) is 60.1 Å². The second-order valence-electron chi connectivity index (χ2n) is 8.73. The standard InChI is InChI=1S/C30H22BrClN2O6/c1-38-26-15-24(27(39-2)14-23(26)32)34-29(36)21(28(35)33-30(34)37)12-17-10-11-25(22(31)13-17)40-16-19-8-5-7-18-6-3-4-9-20(18)19/h3-15H,16H2,1-2H3,(H,33,35,37)/b21-12+. The van der Waals surface area contributed by atoms with E-state index >= 15 is 0 Å². The van der Waals surface area contributed by atoms with Gasteiger partial charge in [0.05, 0.1) is 29.4 Å². The van der Waals surface area contributed by atoms with E-state index in [0.29, 0.717) is 22.4 Å². The smallest absolute Gasteiger partial charge is 0.336 e. The molecule has 0 radical (unpaired) electrons. The van der Waals surface area contributed by atoms with Crippen LogP contribution in [0.4, 0.5) is 10.5 Å². The molecule has 10 heteroatoms. The lowest BCUT2D eigenvalue weighted by Gasteiger charge is -2.28. The highest BCUT2D eigenvalue weighted by atomic mass is 79.9. The lowest BCUT2D eigenvalue weighted by molar-refractivity contribution is -0.122. The lowest BCUT2D eigenvalue weighted by Crippen LogP contribution is -2.54. The Labute approximate surface area is 243 Å². The summed E-state index contributed by atoms with van der Waals surface area (Å²) in [6.45, 7) is 0.352. The predicted molar refractivity (Wildman–Crippen MR) is 156 cm³/mol. The number of ether oxygens (including phenoxy) is 3. The Morgan fingerprint density at radius 2 is 1.65 bits per heavy atom. The van der Waals surface area contributed by atoms with Crippen LogP contribution in [0.1, 0.15) is 11.1 Å². The Bertz CT molecular complexity index is 1700. The quantitative estimate of drug-likeness (QED) is 0.187. The molecule has 8 nitrogen and oxygen atoms in total. The van der Waals surface area contributed by atoms with Gasteiger partial charge in [0, 0.05) is 12.1 Å². The van der Waals surface area contributed by atoms with Crippen molar-refractivity contribution < 1.29 is 28.6 Å². The van der Waals surface area contributed by atoms with Gasteiger partial charge in [-0.05, 0) is 56.0 Å². The van der Waals surface area contributed by atoms with Gasteiger partial charge >= 0.3 is 6.03 Å². The summed E-state index contributed by atoms with van der Waals surface area (Å²) in [5, 5.41) is 4.67. The molecule has 202 valence electrons. The first kappa shape index (κ1) is 27.2. The van der Waals surface area contributed by atoms with Crippen LogP contribution in [0.15, 0.2) is 82.8 Å². The minimum atomic E-state index is -0.923. The van der Waals surface area contributed by atoms with E-state index in [2.05, 4.69) is 21.2 Å². The number of amides is 4. The van der Waals surface area contributed by atoms with E-state index < -0.39 is 17.8 Å². The largest absolute Gasteiger partial charge is 0.495 e. The number of barbiturate groups is 1. The Hall–Kier alpha value is -4.34. The van der Waals surface area contributed by atoms with Gasteiger partial charge in [-0.25, -0.2) is 9.69 Å². The number of fused-ring (bicyclic) bond motifs is 1. The number of carbonyl (C=O) groups is 3. The van der Waals surface area contributed by atoms with Crippen molar-refractivity contribution in [3.8, 4) is 17.2 Å². The third-order valence-corrected chi connectivity index (χ3v) is 7.24. The molecule has 1 heterocycles. The first-order chi connectivity index (χ1) is 19.3. The first-order valence-corrected chi connectivity index (χ1v) is 13.2. The maximum Gasteiger partial charge on any atom is 0.336 e. The molecule has 0 saturated carbocycles. The molecule has 0 bridgehead atoms. The minimum Gasteiger partial charge on any atom is -0.495 e. The van der Waals surface area contributed by atoms with Crippen molar-refractivity contribution in [3.05, 3.63) is 99.0 Å². The van der Waals surface area contributed by atoms with Crippen LogP contribution in [0.3, 0.4) is 0 Å². The zero-order valence-electron chi connectivity index (χ0n) is 21.4. The Kier molecular flexibility index (Phi) is 7.77. The number of urea groups is 1. The van der Waals surface area contributed by atoms with E-state index in [1.54, 1.807) is 18.2 Å². The number of rotatable bonds is 7. The maximum atomic E-state index is 13.4. The van der Waals surface area contributed by atoms with Crippen molar-refractivity contribution in [3.63, 3.8) is 0 Å². The zero-order valence-corrected chi connectivity index (χ0v) is 23.7. The summed E-state index contributed by atoms with van der Waals surface area (Å²) in [4.78, 5) is 39.7. The second-order valence-corrected chi connectivity index (χ2v) is 9.99. The molecule has 1 N–H and O–H groups in total. The molecule has 5 rings (SSSR count). The summed E-state index contributed by atoms with van der Waals surface area (Å²) in [7, 11) is 2.77. The first-order valence-electron chi connectivity index (χ1n) is 12.0. The number of nitrogens with one attached hydrogen (secondary N) is 1. The molecule has 1 aliphatic heterocycles. The predicted octanol–water partition coefficient (Wildman–Crippen LogP) is 6.52. The van der Waals surface area contributed by atoms with Crippen LogP contribution >= 0.6 is 27.5 Å². The van der Waals surface area contributed by atoms with Gasteiger partial charge < -0.3 is 14.2 Å². The summed E-state index contributed by atoms with van der Waals surface area (Å²) in [5.41, 5.74) is 1.41. The summed E-state index contributed by atoms with van der Waals surface area (Å²) in [5.74, 6) is -0.686. The number of hydrogen-bond donors (Lipinski definition) is 1. The van der Waals surface area contributed by atoms with E-state index in [9.17, 15) is 14.4 Å². The average Bonchev–Trinajstić information content (AvgIpc) is 2.95. The van der Waals surface area contributed by atoms with E-state index in [0.717, 1.165) is 21.2 Å². The topological polar surface area (TPSA) is 94.2 Å². The molecule has 0 atom stereocenters. The lowest BCUT2D eigenvalue weighted by atomic mass is 10.1. The number of halogens is 2. The van der Waals surface area contributed by atoms with E-state index in [1.165, 1.54) is 32.4 Å². The van der Waals surface area contributed by atoms with Gasteiger partial charge in [0.25, 0.3) is 11.8 Å². The number of carbonyl (C=O) groups excluding carboxylic acids is 3. The van der Waals surface area contributed by atoms with Crippen molar-refractivity contribution in [2.24, 2.45) is 0 Å². The molecular formula is C30H22BrClN2O6. The van der Waals surface area contributed by atoms with Crippen LogP contribution in [0.2, 0.25) is 5.02 Å². The number of methoxy groups -OCH3 is 2. The fourth-order valence-electron chi connectivity index (χ4n) is 4.36. The molecule has 0 unspecified atom stereocenters. The third kappa shape index (κ3) is 5.25. The molecular weight excluding hydrogens is 600 g/mol. The van der Waals surface area contributed by atoms with Crippen molar-refractivity contribution in [1.82, 2.24) is 5.32 Å². The van der Waals surface area contributed by atoms with Gasteiger partial charge in [-0.15, -0.1) is 0 Å². The number of anilines is 1. The minimum absolute atomic E-state index is 0.0722. The Balaban J connectivity index is 1.41. The highest BCUT2D eigenvalue weighted by Crippen LogP contribution is 2.39. The SMILES string of the molecule is COc1cc(N2C(=O)NC(=O)/C(=C\c3ccc(OCc4cccc5ccccc45)c(Br)c3)C2=O)c(OC)cc1Cl. The van der Waals surface area contributed by atoms with Gasteiger partial charge in [-0.2, -0.15) is 0 Å². The molecule has 1 saturated heterocycles. The van der Waals surface area contributed by atoms with Crippen molar-refractivity contribution in [1.29, 1.82) is 0 Å². The molecule has 4 aromatic rings. The number of nitrogens with zero attached hydrogens (tertiary/aromatic N) is 1. The highest BCUT2D eigenvalue weighted by molar-refractivity contribution is 9.10. The molecule has 0 spiro atoms. The molecule has 1 aliphatic rings. The van der Waals surface area contributed by atoms with Crippen LogP contribution in [-0.2, 0) is 16.2 Å². The van der Waals surface area contributed by atoms with Gasteiger partial charge in [0.2, 0.25) is 0 Å². The summed E-state index contributed by atoms with van der Waals surface area (Å²) in [6, 6.07) is 21.2. The summed E-state index contributed by atoms with van der Waals surface area (Å²) < 4.78 is 17.2. The van der Waals surface area contributed by atoms with Crippen LogP contribution < -0.4 is 24.4 Å². The normalized spacial score (nSPS) is 14.4. The molecule has 0 aliphatic carbocycles. The number of hydrogen-bond acceptors (Lipinski definition) is 6. The van der Waals surface area contributed by atoms with Crippen LogP contribution in [0.5, 0.6) is 17.2 Å². The molecule has 1 fully saturated rings. The molecule has 4 aromatic carbocycles. The van der Waals surface area contributed by atoms with Crippen molar-refractivity contribution >= 4 is 67.9 Å². The van der Waals surface area contributed by atoms with Crippen molar-refractivity contribution in [2.45, 2.75) is 6.61 Å². The van der Waals surface area contributed by atoms with Gasteiger partial charge in [0.1, 0.15) is 29.4 Å². The number of benzene rings is 4. The summed E-state index contributed by atoms with van der Waals surface area (Å²) >= 11 is 9.69. The summed E-state index contributed by atoms with van der Waals surface area (Å²) in [6.07, 6.45) is 1.40. The monoisotopic (exact) mass is 620 g/mol. The van der Waals surface area contributed by atoms with Crippen molar-refractivity contribution in [2.75, 3.05) is 19.1 Å². The highest BCUT2D eigenvalue weighted by Gasteiger charge is 2.38. The van der Waals surface area contributed by atoms with Crippen LogP contribution in [0, 0.1) is 0 Å². The van der Waals surface area contributed by atoms with E-state index in [1.807, 2.05) is 42.5 Å². The van der Waals surface area contributed by atoms with E-state index in [4.69, 9.17) is 25.8 Å². The Morgan fingerprint density at radius 1 is 0.900 bits per heavy atom. The van der Waals surface area contributed by atoms with Crippen LogP contribution in [0.25, 0.3) is 16.8 Å². The zero-order chi connectivity index (χ0) is 28.4. The number of imide groups is 2. The average molecular weight is 622 g/mol. The molecule has 0 aromatic heterocycles.